The van der Waals surface area contributed by atoms with Crippen LogP contribution in [0.5, 0.6) is 0 Å². The number of nitrogens with one attached hydrogen (secondary N) is 1. The van der Waals surface area contributed by atoms with E-state index in [0.717, 1.165) is 0 Å². The molecule has 0 bridgehead atoms. The second-order valence-electron chi connectivity index (χ2n) is 4.26. The highest BCUT2D eigenvalue weighted by atomic mass is 31.2. The van der Waals surface area contributed by atoms with Crippen molar-refractivity contribution in [2.75, 3.05) is 19.4 Å². The van der Waals surface area contributed by atoms with Gasteiger partial charge in [-0.1, -0.05) is 13.8 Å². The van der Waals surface area contributed by atoms with Crippen molar-refractivity contribution in [3.63, 3.8) is 0 Å². The number of carbonyl (C=O) groups is 1. The van der Waals surface area contributed by atoms with Gasteiger partial charge >= 0.3 is 5.97 Å². The quantitative estimate of drug-likeness (QED) is 0.574. The highest BCUT2D eigenvalue weighted by molar-refractivity contribution is 7.57. The van der Waals surface area contributed by atoms with Gasteiger partial charge in [0.15, 0.2) is 7.37 Å². The van der Waals surface area contributed by atoms with Crippen LogP contribution in [-0.2, 0) is 9.36 Å². The van der Waals surface area contributed by atoms with Crippen molar-refractivity contribution >= 4 is 13.3 Å². The Labute approximate surface area is 90.3 Å². The predicted octanol–water partition coefficient (Wildman–Crippen LogP) is 0.975. The minimum Gasteiger partial charge on any atom is -0.480 e. The van der Waals surface area contributed by atoms with Gasteiger partial charge in [0.2, 0.25) is 0 Å². The maximum absolute atomic E-state index is 11.0. The number of rotatable bonds is 7. The second kappa shape index (κ2) is 6.26. The fraction of sp³-hybridized carbons (Fsp3) is 0.889. The van der Waals surface area contributed by atoms with E-state index in [2.05, 4.69) is 5.32 Å². The van der Waals surface area contributed by atoms with Crippen LogP contribution in [0.25, 0.3) is 0 Å². The number of hydrogen-bond acceptors (Lipinski definition) is 3. The highest BCUT2D eigenvalue weighted by Gasteiger charge is 2.20. The number of carboxylic acids is 1. The van der Waals surface area contributed by atoms with Crippen LogP contribution >= 0.6 is 7.37 Å². The van der Waals surface area contributed by atoms with Crippen LogP contribution in [0.3, 0.4) is 0 Å². The standard InChI is InChI=1S/C9H20NO4P/c1-7(2)6-10-8(9(11)12)4-5-15(3,13)14/h7-8,10H,4-6H2,1-3H3,(H,11,12)(H,13,14). The normalized spacial score (nSPS) is 17.4. The van der Waals surface area contributed by atoms with Crippen molar-refractivity contribution in [2.45, 2.75) is 26.3 Å². The lowest BCUT2D eigenvalue weighted by Crippen LogP contribution is -2.39. The van der Waals surface area contributed by atoms with Gasteiger partial charge < -0.3 is 15.3 Å². The molecule has 0 spiro atoms. The zero-order chi connectivity index (χ0) is 12.1. The molecule has 0 radical (unpaired) electrons. The van der Waals surface area contributed by atoms with Crippen molar-refractivity contribution < 1.29 is 19.4 Å². The Morgan fingerprint density at radius 2 is 2.00 bits per heavy atom. The molecule has 0 aromatic rings. The molecule has 0 saturated heterocycles. The largest absolute Gasteiger partial charge is 0.480 e. The lowest BCUT2D eigenvalue weighted by Gasteiger charge is -2.16. The maximum Gasteiger partial charge on any atom is 0.320 e. The van der Waals surface area contributed by atoms with Crippen LogP contribution < -0.4 is 5.32 Å². The Balaban J connectivity index is 4.06. The Kier molecular flexibility index (Phi) is 6.10. The van der Waals surface area contributed by atoms with E-state index in [-0.39, 0.29) is 12.6 Å². The fourth-order valence-corrected chi connectivity index (χ4v) is 1.80. The summed E-state index contributed by atoms with van der Waals surface area (Å²) in [5, 5.41) is 11.7. The molecule has 0 heterocycles. The first-order valence-electron chi connectivity index (χ1n) is 4.98. The SMILES string of the molecule is CC(C)CNC(CCP(C)(=O)O)C(=O)O. The molecule has 15 heavy (non-hydrogen) atoms. The molecule has 0 aliphatic rings. The minimum absolute atomic E-state index is 0.0368. The molecule has 5 nitrogen and oxygen atoms in total. The van der Waals surface area contributed by atoms with Gasteiger partial charge in [0.05, 0.1) is 0 Å². The summed E-state index contributed by atoms with van der Waals surface area (Å²) >= 11 is 0. The molecule has 0 fully saturated rings. The zero-order valence-corrected chi connectivity index (χ0v) is 10.3. The molecule has 0 aliphatic carbocycles. The summed E-state index contributed by atoms with van der Waals surface area (Å²) in [4.78, 5) is 19.9. The van der Waals surface area contributed by atoms with Gasteiger partial charge in [-0.25, -0.2) is 0 Å². The average Bonchev–Trinajstić information content (AvgIpc) is 2.00. The maximum atomic E-state index is 11.0. The summed E-state index contributed by atoms with van der Waals surface area (Å²) in [6.45, 7) is 5.79. The van der Waals surface area contributed by atoms with Gasteiger partial charge in [-0.3, -0.25) is 9.36 Å². The number of carboxylic acid groups (broad SMARTS) is 1. The van der Waals surface area contributed by atoms with Crippen molar-refractivity contribution in [3.05, 3.63) is 0 Å². The van der Waals surface area contributed by atoms with Gasteiger partial charge in [-0.15, -0.1) is 0 Å². The molecule has 0 aromatic heterocycles. The third-order valence-electron chi connectivity index (χ3n) is 1.90. The van der Waals surface area contributed by atoms with Gasteiger partial charge in [-0.05, 0) is 18.9 Å². The van der Waals surface area contributed by atoms with Gasteiger partial charge in [0.1, 0.15) is 6.04 Å². The van der Waals surface area contributed by atoms with Crippen LogP contribution in [0.2, 0.25) is 0 Å². The van der Waals surface area contributed by atoms with E-state index in [4.69, 9.17) is 10.00 Å². The summed E-state index contributed by atoms with van der Waals surface area (Å²) in [6.07, 6.45) is 0.224. The lowest BCUT2D eigenvalue weighted by atomic mass is 10.2. The van der Waals surface area contributed by atoms with E-state index in [1.165, 1.54) is 6.66 Å². The van der Waals surface area contributed by atoms with Gasteiger partial charge in [-0.2, -0.15) is 0 Å². The Morgan fingerprint density at radius 1 is 1.47 bits per heavy atom. The van der Waals surface area contributed by atoms with Crippen LogP contribution in [0.4, 0.5) is 0 Å². The zero-order valence-electron chi connectivity index (χ0n) is 9.43. The molecule has 3 N–H and O–H groups in total. The third-order valence-corrected chi connectivity index (χ3v) is 2.99. The van der Waals surface area contributed by atoms with Crippen LogP contribution in [0.1, 0.15) is 20.3 Å². The molecule has 0 aliphatic heterocycles. The number of aliphatic carboxylic acids is 1. The van der Waals surface area contributed by atoms with E-state index in [1.807, 2.05) is 13.8 Å². The monoisotopic (exact) mass is 237 g/mol. The molecule has 2 unspecified atom stereocenters. The molecule has 0 amide bonds. The Bertz CT molecular complexity index is 248. The Hall–Kier alpha value is -0.380. The summed E-state index contributed by atoms with van der Waals surface area (Å²) in [5.41, 5.74) is 0. The first kappa shape index (κ1) is 14.6. The highest BCUT2D eigenvalue weighted by Crippen LogP contribution is 2.35. The number of hydrogen-bond donors (Lipinski definition) is 3. The van der Waals surface area contributed by atoms with Crippen molar-refractivity contribution in [1.82, 2.24) is 5.32 Å². The predicted molar refractivity (Wildman–Crippen MR) is 59.5 cm³/mol. The van der Waals surface area contributed by atoms with E-state index < -0.39 is 19.4 Å². The molecule has 2 atom stereocenters. The van der Waals surface area contributed by atoms with Crippen molar-refractivity contribution in [2.24, 2.45) is 5.92 Å². The lowest BCUT2D eigenvalue weighted by molar-refractivity contribution is -0.139. The third kappa shape index (κ3) is 8.60. The summed E-state index contributed by atoms with van der Waals surface area (Å²) in [6, 6.07) is -0.729. The summed E-state index contributed by atoms with van der Waals surface area (Å²) < 4.78 is 11.0. The average molecular weight is 237 g/mol. The summed E-state index contributed by atoms with van der Waals surface area (Å²) in [5.74, 6) is -0.612. The molecule has 0 rings (SSSR count). The van der Waals surface area contributed by atoms with E-state index in [0.29, 0.717) is 12.5 Å². The molecule has 0 aromatic carbocycles. The molecular weight excluding hydrogens is 217 g/mol. The second-order valence-corrected chi connectivity index (χ2v) is 6.81. The van der Waals surface area contributed by atoms with Crippen LogP contribution in [0, 0.1) is 5.92 Å². The topological polar surface area (TPSA) is 86.6 Å². The van der Waals surface area contributed by atoms with Crippen LogP contribution in [0.15, 0.2) is 0 Å². The van der Waals surface area contributed by atoms with E-state index in [1.54, 1.807) is 0 Å². The minimum atomic E-state index is -3.11. The fourth-order valence-electron chi connectivity index (χ4n) is 1.06. The van der Waals surface area contributed by atoms with E-state index >= 15 is 0 Å². The molecule has 6 heteroatoms. The van der Waals surface area contributed by atoms with Crippen LogP contribution in [-0.4, -0.2) is 41.4 Å². The summed E-state index contributed by atoms with van der Waals surface area (Å²) in [7, 11) is -3.11. The molecule has 0 saturated carbocycles. The van der Waals surface area contributed by atoms with Gasteiger partial charge in [0, 0.05) is 12.8 Å². The van der Waals surface area contributed by atoms with Gasteiger partial charge in [0.25, 0.3) is 0 Å². The first-order chi connectivity index (χ1) is 6.72. The molecular formula is C9H20NO4P. The Morgan fingerprint density at radius 3 is 2.33 bits per heavy atom. The van der Waals surface area contributed by atoms with E-state index in [9.17, 15) is 9.36 Å². The van der Waals surface area contributed by atoms with Crippen molar-refractivity contribution in [3.8, 4) is 0 Å². The smallest absolute Gasteiger partial charge is 0.320 e. The first-order valence-corrected chi connectivity index (χ1v) is 7.27. The van der Waals surface area contributed by atoms with Crippen molar-refractivity contribution in [1.29, 1.82) is 0 Å². The molecule has 90 valence electrons.